The SMILES string of the molecule is CCNC(=O)c1ccc(CNC(=NC)NCC2CCCN(C)C2c2cccs2)cc1. The van der Waals surface area contributed by atoms with E-state index in [1.54, 1.807) is 7.05 Å². The Morgan fingerprint density at radius 2 is 2.00 bits per heavy atom. The zero-order valence-electron chi connectivity index (χ0n) is 18.1. The first kappa shape index (κ1) is 22.3. The van der Waals surface area contributed by atoms with Gasteiger partial charge in [-0.1, -0.05) is 18.2 Å². The number of hydrogen-bond donors (Lipinski definition) is 3. The highest BCUT2D eigenvalue weighted by Crippen LogP contribution is 2.36. The lowest BCUT2D eigenvalue weighted by atomic mass is 9.88. The van der Waals surface area contributed by atoms with Crippen molar-refractivity contribution in [2.45, 2.75) is 32.4 Å². The number of thiophene rings is 1. The summed E-state index contributed by atoms with van der Waals surface area (Å²) in [5.41, 5.74) is 1.80. The van der Waals surface area contributed by atoms with Gasteiger partial charge in [0, 0.05) is 43.2 Å². The maximum absolute atomic E-state index is 11.9. The number of aliphatic imine (C=N–C) groups is 1. The summed E-state index contributed by atoms with van der Waals surface area (Å²) in [5.74, 6) is 1.32. The van der Waals surface area contributed by atoms with Gasteiger partial charge < -0.3 is 16.0 Å². The van der Waals surface area contributed by atoms with E-state index in [0.29, 0.717) is 30.6 Å². The second-order valence-electron chi connectivity index (χ2n) is 7.71. The van der Waals surface area contributed by atoms with Crippen molar-refractivity contribution in [3.8, 4) is 0 Å². The predicted molar refractivity (Wildman–Crippen MR) is 125 cm³/mol. The number of guanidine groups is 1. The van der Waals surface area contributed by atoms with Crippen molar-refractivity contribution >= 4 is 23.2 Å². The Morgan fingerprint density at radius 3 is 2.67 bits per heavy atom. The van der Waals surface area contributed by atoms with Crippen LogP contribution in [0.4, 0.5) is 0 Å². The van der Waals surface area contributed by atoms with Crippen molar-refractivity contribution in [2.75, 3.05) is 33.7 Å². The van der Waals surface area contributed by atoms with Crippen molar-refractivity contribution in [3.05, 3.63) is 57.8 Å². The van der Waals surface area contributed by atoms with Crippen molar-refractivity contribution in [3.63, 3.8) is 0 Å². The molecule has 1 amide bonds. The van der Waals surface area contributed by atoms with Crippen LogP contribution in [0.15, 0.2) is 46.8 Å². The number of piperidine rings is 1. The third kappa shape index (κ3) is 5.83. The highest BCUT2D eigenvalue weighted by atomic mass is 32.1. The molecule has 30 heavy (non-hydrogen) atoms. The largest absolute Gasteiger partial charge is 0.356 e. The topological polar surface area (TPSA) is 68.8 Å². The van der Waals surface area contributed by atoms with E-state index in [1.165, 1.54) is 17.7 Å². The van der Waals surface area contributed by atoms with Crippen LogP contribution in [0.2, 0.25) is 0 Å². The highest BCUT2D eigenvalue weighted by molar-refractivity contribution is 7.10. The summed E-state index contributed by atoms with van der Waals surface area (Å²) in [5, 5.41) is 11.9. The maximum atomic E-state index is 11.9. The molecule has 1 aromatic heterocycles. The van der Waals surface area contributed by atoms with Gasteiger partial charge in [0.1, 0.15) is 0 Å². The number of rotatable bonds is 7. The van der Waals surface area contributed by atoms with Crippen LogP contribution in [0.25, 0.3) is 0 Å². The smallest absolute Gasteiger partial charge is 0.251 e. The van der Waals surface area contributed by atoms with E-state index >= 15 is 0 Å². The van der Waals surface area contributed by atoms with Gasteiger partial charge in [-0.05, 0) is 68.4 Å². The first-order chi connectivity index (χ1) is 14.6. The molecule has 7 heteroatoms. The van der Waals surface area contributed by atoms with Crippen molar-refractivity contribution in [2.24, 2.45) is 10.9 Å². The van der Waals surface area contributed by atoms with Crippen molar-refractivity contribution < 1.29 is 4.79 Å². The van der Waals surface area contributed by atoms with Crippen molar-refractivity contribution in [1.82, 2.24) is 20.9 Å². The van der Waals surface area contributed by atoms with Gasteiger partial charge >= 0.3 is 0 Å². The van der Waals surface area contributed by atoms with E-state index in [0.717, 1.165) is 24.6 Å². The molecule has 2 unspecified atom stereocenters. The third-order valence-corrected chi connectivity index (χ3v) is 6.55. The number of nitrogens with one attached hydrogen (secondary N) is 3. The summed E-state index contributed by atoms with van der Waals surface area (Å²) in [6.45, 7) is 5.26. The van der Waals surface area contributed by atoms with E-state index in [9.17, 15) is 4.79 Å². The van der Waals surface area contributed by atoms with Crippen LogP contribution < -0.4 is 16.0 Å². The second-order valence-corrected chi connectivity index (χ2v) is 8.69. The van der Waals surface area contributed by atoms with Crippen molar-refractivity contribution in [1.29, 1.82) is 0 Å². The molecule has 0 saturated carbocycles. The van der Waals surface area contributed by atoms with E-state index in [4.69, 9.17) is 0 Å². The Balaban J connectivity index is 1.52. The summed E-state index contributed by atoms with van der Waals surface area (Å²) in [6, 6.07) is 12.5. The molecule has 0 spiro atoms. The van der Waals surface area contributed by atoms with Gasteiger partial charge in [0.2, 0.25) is 0 Å². The molecular weight excluding hydrogens is 394 g/mol. The lowest BCUT2D eigenvalue weighted by molar-refractivity contribution is 0.0956. The van der Waals surface area contributed by atoms with Crippen LogP contribution in [0.1, 0.15) is 46.6 Å². The van der Waals surface area contributed by atoms with Gasteiger partial charge in [-0.3, -0.25) is 14.7 Å². The maximum Gasteiger partial charge on any atom is 0.251 e. The number of nitrogens with zero attached hydrogens (tertiary/aromatic N) is 2. The molecule has 1 aliphatic heterocycles. The predicted octanol–water partition coefficient (Wildman–Crippen LogP) is 3.25. The second kappa shape index (κ2) is 11.1. The van der Waals surface area contributed by atoms with Crippen LogP contribution in [0.5, 0.6) is 0 Å². The number of carbonyl (C=O) groups is 1. The van der Waals surface area contributed by atoms with Crippen LogP contribution in [-0.4, -0.2) is 50.5 Å². The molecule has 1 aliphatic rings. The van der Waals surface area contributed by atoms with Gasteiger partial charge in [0.05, 0.1) is 0 Å². The Morgan fingerprint density at radius 1 is 1.20 bits per heavy atom. The number of likely N-dealkylation sites (tertiary alicyclic amines) is 1. The van der Waals surface area contributed by atoms with Gasteiger partial charge in [0.25, 0.3) is 5.91 Å². The number of carbonyl (C=O) groups excluding carboxylic acids is 1. The van der Waals surface area contributed by atoms with Crippen LogP contribution in [0, 0.1) is 5.92 Å². The minimum atomic E-state index is -0.0350. The lowest BCUT2D eigenvalue weighted by Gasteiger charge is -2.39. The molecule has 0 bridgehead atoms. The Labute approximate surface area is 183 Å². The first-order valence-corrected chi connectivity index (χ1v) is 11.6. The van der Waals surface area contributed by atoms with Crippen LogP contribution >= 0.6 is 11.3 Å². The summed E-state index contributed by atoms with van der Waals surface area (Å²) in [7, 11) is 4.03. The molecule has 162 valence electrons. The zero-order chi connectivity index (χ0) is 21.3. The quantitative estimate of drug-likeness (QED) is 0.469. The molecule has 0 aliphatic carbocycles. The highest BCUT2D eigenvalue weighted by Gasteiger charge is 2.31. The third-order valence-electron chi connectivity index (χ3n) is 5.61. The van der Waals surface area contributed by atoms with Crippen LogP contribution in [-0.2, 0) is 6.54 Å². The van der Waals surface area contributed by atoms with Gasteiger partial charge in [0.15, 0.2) is 5.96 Å². The average Bonchev–Trinajstić information content (AvgIpc) is 3.29. The molecule has 2 heterocycles. The number of hydrogen-bond acceptors (Lipinski definition) is 4. The molecule has 2 aromatic rings. The zero-order valence-corrected chi connectivity index (χ0v) is 19.0. The molecule has 1 aromatic carbocycles. The summed E-state index contributed by atoms with van der Waals surface area (Å²) in [6.07, 6.45) is 2.45. The molecule has 1 fully saturated rings. The normalized spacial score (nSPS) is 20.0. The Kier molecular flexibility index (Phi) is 8.28. The fourth-order valence-corrected chi connectivity index (χ4v) is 5.04. The molecule has 1 saturated heterocycles. The summed E-state index contributed by atoms with van der Waals surface area (Å²) >= 11 is 1.85. The molecule has 0 radical (unpaired) electrons. The first-order valence-electron chi connectivity index (χ1n) is 10.7. The number of amides is 1. The van der Waals surface area contributed by atoms with Gasteiger partial charge in [-0.15, -0.1) is 11.3 Å². The van der Waals surface area contributed by atoms with E-state index in [2.05, 4.69) is 50.4 Å². The average molecular weight is 428 g/mol. The fraction of sp³-hybridized carbons (Fsp3) is 0.478. The minimum Gasteiger partial charge on any atom is -0.356 e. The Bertz CT molecular complexity index is 819. The minimum absolute atomic E-state index is 0.0350. The fourth-order valence-electron chi connectivity index (χ4n) is 4.05. The molecule has 2 atom stereocenters. The van der Waals surface area contributed by atoms with Crippen LogP contribution in [0.3, 0.4) is 0 Å². The lowest BCUT2D eigenvalue weighted by Crippen LogP contribution is -2.44. The summed E-state index contributed by atoms with van der Waals surface area (Å²) < 4.78 is 0. The molecular formula is C23H33N5OS. The molecule has 6 nitrogen and oxygen atoms in total. The van der Waals surface area contributed by atoms with Gasteiger partial charge in [-0.25, -0.2) is 0 Å². The Hall–Kier alpha value is -2.38. The van der Waals surface area contributed by atoms with E-state index < -0.39 is 0 Å². The van der Waals surface area contributed by atoms with E-state index in [-0.39, 0.29) is 5.91 Å². The van der Waals surface area contributed by atoms with Gasteiger partial charge in [-0.2, -0.15) is 0 Å². The monoisotopic (exact) mass is 427 g/mol. The molecule has 3 N–H and O–H groups in total. The van der Waals surface area contributed by atoms with E-state index in [1.807, 2.05) is 42.5 Å². The number of benzene rings is 1. The standard InChI is InChI=1S/C23H33N5OS/c1-4-25-22(29)18-11-9-17(10-12-18)15-26-23(24-2)27-16-19-7-5-13-28(3)21(19)20-8-6-14-30-20/h6,8-12,14,19,21H,4-5,7,13,15-16H2,1-3H3,(H,25,29)(H2,24,26,27). The summed E-state index contributed by atoms with van der Waals surface area (Å²) in [4.78, 5) is 20.2. The molecule has 3 rings (SSSR count).